The average molecular weight is 410 g/mol. The van der Waals surface area contributed by atoms with Crippen LogP contribution in [0.5, 0.6) is 11.5 Å². The van der Waals surface area contributed by atoms with E-state index in [1.807, 2.05) is 0 Å². The van der Waals surface area contributed by atoms with Crippen LogP contribution in [0.4, 0.5) is 13.2 Å². The molecule has 1 aromatic carbocycles. The molecule has 0 unspecified atom stereocenters. The number of likely N-dealkylation sites (N-methyl/N-ethyl adjacent to an activating group) is 1. The van der Waals surface area contributed by atoms with E-state index in [1.54, 1.807) is 18.2 Å². The first-order valence-electron chi connectivity index (χ1n) is 9.09. The van der Waals surface area contributed by atoms with Crippen LogP contribution in [0.15, 0.2) is 24.3 Å². The largest absolute Gasteiger partial charge is 0.471 e. The SMILES string of the molecule is CN1C(=O)[C@H]2N(C(=O)C(F)(F)F)Cc3cc4c(cc3[C@]23C=C[C@H](O)C[C@H]13)OCO4. The normalized spacial score (nSPS) is 32.2. The van der Waals surface area contributed by atoms with Crippen LogP contribution >= 0.6 is 0 Å². The molecule has 154 valence electrons. The molecule has 10 heteroatoms. The number of carbonyl (C=O) groups is 2. The van der Waals surface area contributed by atoms with E-state index in [0.29, 0.717) is 27.5 Å². The molecule has 7 nitrogen and oxygen atoms in total. The van der Waals surface area contributed by atoms with E-state index in [2.05, 4.69) is 0 Å². The highest BCUT2D eigenvalue weighted by molar-refractivity contribution is 5.95. The van der Waals surface area contributed by atoms with Gasteiger partial charge in [0.1, 0.15) is 6.04 Å². The number of benzene rings is 1. The lowest BCUT2D eigenvalue weighted by Crippen LogP contribution is -2.61. The third kappa shape index (κ3) is 2.29. The second-order valence-electron chi connectivity index (χ2n) is 7.76. The quantitative estimate of drug-likeness (QED) is 0.648. The summed E-state index contributed by atoms with van der Waals surface area (Å²) in [6.07, 6.45) is -2.76. The maximum atomic E-state index is 13.4. The molecule has 0 bridgehead atoms. The lowest BCUT2D eigenvalue weighted by Gasteiger charge is -2.48. The second kappa shape index (κ2) is 5.65. The maximum absolute atomic E-state index is 13.4. The molecule has 1 N–H and O–H groups in total. The molecular formula is C19H17F3N2O5. The molecule has 3 aliphatic heterocycles. The zero-order valence-corrected chi connectivity index (χ0v) is 15.3. The smallest absolute Gasteiger partial charge is 0.454 e. The van der Waals surface area contributed by atoms with Crippen molar-refractivity contribution in [3.8, 4) is 11.5 Å². The topological polar surface area (TPSA) is 79.3 Å². The van der Waals surface area contributed by atoms with Crippen molar-refractivity contribution in [3.05, 3.63) is 35.4 Å². The van der Waals surface area contributed by atoms with Gasteiger partial charge in [-0.25, -0.2) is 0 Å². The zero-order valence-electron chi connectivity index (χ0n) is 15.3. The number of likely N-dealkylation sites (tertiary alicyclic amines) is 1. The fourth-order valence-electron chi connectivity index (χ4n) is 5.14. The molecule has 29 heavy (non-hydrogen) atoms. The van der Waals surface area contributed by atoms with E-state index < -0.39 is 41.6 Å². The fourth-order valence-corrected chi connectivity index (χ4v) is 5.14. The Balaban J connectivity index is 1.78. The van der Waals surface area contributed by atoms with Crippen molar-refractivity contribution in [1.82, 2.24) is 9.80 Å². The Hall–Kier alpha value is -2.75. The molecule has 4 aliphatic rings. The Morgan fingerprint density at radius 3 is 2.66 bits per heavy atom. The van der Waals surface area contributed by atoms with E-state index in [1.165, 1.54) is 18.0 Å². The molecule has 0 aromatic heterocycles. The van der Waals surface area contributed by atoms with E-state index in [-0.39, 0.29) is 19.8 Å². The first kappa shape index (κ1) is 18.3. The number of hydrogen-bond donors (Lipinski definition) is 1. The Kier molecular flexibility index (Phi) is 3.57. The van der Waals surface area contributed by atoms with Gasteiger partial charge in [0.15, 0.2) is 11.5 Å². The van der Waals surface area contributed by atoms with Crippen LogP contribution in [0.2, 0.25) is 0 Å². The number of halogens is 3. The molecule has 2 amide bonds. The Morgan fingerprint density at radius 1 is 1.28 bits per heavy atom. The number of nitrogens with zero attached hydrogens (tertiary/aromatic N) is 2. The first-order chi connectivity index (χ1) is 13.6. The number of carbonyl (C=O) groups excluding carboxylic acids is 2. The van der Waals surface area contributed by atoms with Gasteiger partial charge in [0.2, 0.25) is 12.7 Å². The molecule has 1 aromatic rings. The Morgan fingerprint density at radius 2 is 1.97 bits per heavy atom. The lowest BCUT2D eigenvalue weighted by molar-refractivity contribution is -0.190. The second-order valence-corrected chi connectivity index (χ2v) is 7.76. The van der Waals surface area contributed by atoms with Crippen molar-refractivity contribution in [1.29, 1.82) is 0 Å². The lowest BCUT2D eigenvalue weighted by atomic mass is 9.63. The van der Waals surface area contributed by atoms with Gasteiger partial charge < -0.3 is 24.4 Å². The highest BCUT2D eigenvalue weighted by Crippen LogP contribution is 2.54. The standard InChI is InChI=1S/C19H17F3N2O5/c1-23-14-5-10(25)2-3-18(14)11-6-13-12(28-8-29-13)4-9(11)7-24(15(18)16(23)26)17(27)19(20,21)22/h2-4,6,10,14-15,25H,5,7-8H2,1H3/t10-,14-,15+,18-/m0/s1. The summed E-state index contributed by atoms with van der Waals surface area (Å²) in [5.74, 6) is -1.83. The monoisotopic (exact) mass is 410 g/mol. The summed E-state index contributed by atoms with van der Waals surface area (Å²) in [7, 11) is 1.49. The van der Waals surface area contributed by atoms with Crippen LogP contribution in [-0.4, -0.2) is 64.9 Å². The molecule has 1 spiro atoms. The number of aliphatic hydroxyl groups is 1. The molecule has 3 heterocycles. The van der Waals surface area contributed by atoms with Crippen molar-refractivity contribution < 1.29 is 37.3 Å². The minimum Gasteiger partial charge on any atom is -0.454 e. The molecule has 1 aliphatic carbocycles. The van der Waals surface area contributed by atoms with Gasteiger partial charge in [-0.1, -0.05) is 12.2 Å². The van der Waals surface area contributed by atoms with Gasteiger partial charge in [-0.3, -0.25) is 9.59 Å². The number of amides is 2. The van der Waals surface area contributed by atoms with Gasteiger partial charge in [0.25, 0.3) is 0 Å². The van der Waals surface area contributed by atoms with Crippen LogP contribution in [-0.2, 0) is 21.5 Å². The highest BCUT2D eigenvalue weighted by atomic mass is 19.4. The van der Waals surface area contributed by atoms with Gasteiger partial charge in [0.05, 0.1) is 11.5 Å². The van der Waals surface area contributed by atoms with Gasteiger partial charge in [-0.2, -0.15) is 13.2 Å². The molecular weight excluding hydrogens is 393 g/mol. The minimum absolute atomic E-state index is 0.0172. The third-order valence-corrected chi connectivity index (χ3v) is 6.33. The molecule has 4 atom stereocenters. The van der Waals surface area contributed by atoms with Gasteiger partial charge >= 0.3 is 12.1 Å². The number of rotatable bonds is 0. The van der Waals surface area contributed by atoms with E-state index in [0.717, 1.165) is 0 Å². The van der Waals surface area contributed by atoms with Crippen molar-refractivity contribution in [2.75, 3.05) is 13.8 Å². The number of fused-ring (bicyclic) bond motifs is 2. The van der Waals surface area contributed by atoms with Crippen molar-refractivity contribution in [2.45, 2.75) is 42.7 Å². The summed E-state index contributed by atoms with van der Waals surface area (Å²) in [6.45, 7) is -0.393. The van der Waals surface area contributed by atoms with Gasteiger partial charge in [-0.05, 0) is 29.7 Å². The van der Waals surface area contributed by atoms with Crippen LogP contribution in [0.25, 0.3) is 0 Å². The summed E-state index contributed by atoms with van der Waals surface area (Å²) >= 11 is 0. The van der Waals surface area contributed by atoms with Crippen LogP contribution in [0.1, 0.15) is 17.5 Å². The van der Waals surface area contributed by atoms with Crippen LogP contribution < -0.4 is 9.47 Å². The summed E-state index contributed by atoms with van der Waals surface area (Å²) in [5, 5.41) is 10.1. The van der Waals surface area contributed by atoms with Crippen molar-refractivity contribution >= 4 is 11.8 Å². The summed E-state index contributed by atoms with van der Waals surface area (Å²) < 4.78 is 50.9. The first-order valence-corrected chi connectivity index (χ1v) is 9.09. The van der Waals surface area contributed by atoms with Crippen molar-refractivity contribution in [2.24, 2.45) is 0 Å². The summed E-state index contributed by atoms with van der Waals surface area (Å²) in [6, 6.07) is 1.28. The van der Waals surface area contributed by atoms with Crippen LogP contribution in [0.3, 0.4) is 0 Å². The summed E-state index contributed by atoms with van der Waals surface area (Å²) in [4.78, 5) is 27.3. The summed E-state index contributed by atoms with van der Waals surface area (Å²) in [5.41, 5.74) is -0.151. The predicted molar refractivity (Wildman–Crippen MR) is 91.0 cm³/mol. The number of alkyl halides is 3. The minimum atomic E-state index is -5.12. The average Bonchev–Trinajstić information content (AvgIpc) is 3.20. The Labute approximate surface area is 163 Å². The predicted octanol–water partition coefficient (Wildman–Crippen LogP) is 1.09. The number of ether oxygens (including phenoxy) is 2. The zero-order chi connectivity index (χ0) is 20.7. The number of hydrogen-bond acceptors (Lipinski definition) is 5. The molecule has 5 rings (SSSR count). The molecule has 0 saturated carbocycles. The van der Waals surface area contributed by atoms with Crippen LogP contribution in [0, 0.1) is 0 Å². The molecule has 1 saturated heterocycles. The van der Waals surface area contributed by atoms with Gasteiger partial charge in [0, 0.05) is 19.6 Å². The van der Waals surface area contributed by atoms with Crippen molar-refractivity contribution in [3.63, 3.8) is 0 Å². The van der Waals surface area contributed by atoms with E-state index in [9.17, 15) is 27.9 Å². The van der Waals surface area contributed by atoms with Gasteiger partial charge in [-0.15, -0.1) is 0 Å². The molecule has 0 radical (unpaired) electrons. The molecule has 1 fully saturated rings. The van der Waals surface area contributed by atoms with E-state index in [4.69, 9.17) is 9.47 Å². The highest BCUT2D eigenvalue weighted by Gasteiger charge is 2.66. The number of aliphatic hydroxyl groups excluding tert-OH is 1. The fraction of sp³-hybridized carbons (Fsp3) is 0.474. The maximum Gasteiger partial charge on any atom is 0.471 e. The third-order valence-electron chi connectivity index (χ3n) is 6.33. The Bertz CT molecular complexity index is 962. The van der Waals surface area contributed by atoms with E-state index >= 15 is 0 Å².